The molecule has 4 rings (SSSR count). The number of carbonyl (C=O) groups excluding carboxylic acids is 1. The number of aromatic nitrogens is 2. The molecule has 11 heteroatoms. The Bertz CT molecular complexity index is 1170. The average Bonchev–Trinajstić information content (AvgIpc) is 2.90. The Morgan fingerprint density at radius 2 is 1.75 bits per heavy atom. The molecule has 1 aromatic heterocycles. The predicted octanol–water partition coefficient (Wildman–Crippen LogP) is 2.09. The third-order valence-corrected chi connectivity index (χ3v) is 6.75. The fourth-order valence-electron chi connectivity index (χ4n) is 4.67. The van der Waals surface area contributed by atoms with Crippen molar-refractivity contribution in [3.8, 4) is 12.1 Å². The van der Waals surface area contributed by atoms with Crippen molar-refractivity contribution in [2.45, 2.75) is 19.3 Å². The van der Waals surface area contributed by atoms with Crippen molar-refractivity contribution in [3.05, 3.63) is 35.5 Å². The van der Waals surface area contributed by atoms with E-state index in [4.69, 9.17) is 21.7 Å². The number of hydrogen-bond acceptors (Lipinski definition) is 10. The van der Waals surface area contributed by atoms with E-state index in [0.717, 1.165) is 56.6 Å². The van der Waals surface area contributed by atoms with Gasteiger partial charge in [-0.15, -0.1) is 0 Å². The van der Waals surface area contributed by atoms with Gasteiger partial charge in [-0.3, -0.25) is 9.69 Å². The Morgan fingerprint density at radius 3 is 2.33 bits per heavy atom. The van der Waals surface area contributed by atoms with Crippen LogP contribution in [0.25, 0.3) is 0 Å². The van der Waals surface area contributed by atoms with Crippen LogP contribution in [-0.4, -0.2) is 72.8 Å². The molecule has 0 spiro atoms. The summed E-state index contributed by atoms with van der Waals surface area (Å²) < 4.78 is 0. The fraction of sp³-hybridized carbons (Fsp3) is 0.440. The number of nitriles is 2. The zero-order valence-corrected chi connectivity index (χ0v) is 20.2. The van der Waals surface area contributed by atoms with Gasteiger partial charge in [0.2, 0.25) is 5.95 Å². The van der Waals surface area contributed by atoms with E-state index in [1.165, 1.54) is 0 Å². The lowest BCUT2D eigenvalue weighted by molar-refractivity contribution is 0.100. The molecule has 186 valence electrons. The van der Waals surface area contributed by atoms with Gasteiger partial charge in [-0.2, -0.15) is 15.5 Å². The van der Waals surface area contributed by atoms with E-state index in [-0.39, 0.29) is 17.1 Å². The maximum absolute atomic E-state index is 12.3. The highest BCUT2D eigenvalue weighted by molar-refractivity contribution is 6.04. The maximum atomic E-state index is 12.3. The lowest BCUT2D eigenvalue weighted by Gasteiger charge is -2.35. The van der Waals surface area contributed by atoms with Crippen LogP contribution in [0.3, 0.4) is 0 Å². The average molecular weight is 487 g/mol. The van der Waals surface area contributed by atoms with Crippen molar-refractivity contribution in [1.82, 2.24) is 14.9 Å². The van der Waals surface area contributed by atoms with Crippen molar-refractivity contribution >= 4 is 35.3 Å². The fourth-order valence-corrected chi connectivity index (χ4v) is 4.67. The Kier molecular flexibility index (Phi) is 7.93. The molecule has 2 saturated heterocycles. The number of carbonyl (C=O) groups is 1. The van der Waals surface area contributed by atoms with Gasteiger partial charge in [0.05, 0.1) is 18.7 Å². The van der Waals surface area contributed by atoms with Gasteiger partial charge in [-0.1, -0.05) is 0 Å². The van der Waals surface area contributed by atoms with Gasteiger partial charge in [0.25, 0.3) is 5.91 Å². The van der Waals surface area contributed by atoms with Gasteiger partial charge in [0.1, 0.15) is 17.1 Å². The van der Waals surface area contributed by atoms with Gasteiger partial charge in [-0.25, -0.2) is 4.98 Å². The Balaban J connectivity index is 1.52. The highest BCUT2D eigenvalue weighted by Crippen LogP contribution is 2.28. The lowest BCUT2D eigenvalue weighted by Crippen LogP contribution is -2.46. The number of piperazine rings is 1. The Morgan fingerprint density at radius 1 is 1.06 bits per heavy atom. The number of rotatable bonds is 8. The number of piperidine rings is 1. The second-order valence-electron chi connectivity index (χ2n) is 9.03. The van der Waals surface area contributed by atoms with Crippen molar-refractivity contribution in [3.63, 3.8) is 0 Å². The van der Waals surface area contributed by atoms with Crippen molar-refractivity contribution in [2.24, 2.45) is 11.7 Å². The standard InChI is InChI=1S/C25H30N10O/c26-8-5-18-6-10-35(11-7-18)25-31-21(17-28)22(23(29)36)24(32-25)30-19-1-3-20(4-2-19)34-15-13-33(12-9-27)14-16-34/h1-4,17-18,28H,5-7,10-16H2,(H2,29,36)(H,30,31,32). The summed E-state index contributed by atoms with van der Waals surface area (Å²) in [5, 5.41) is 28.9. The zero-order valence-electron chi connectivity index (χ0n) is 20.2. The minimum absolute atomic E-state index is 0.0748. The first kappa shape index (κ1) is 24.9. The summed E-state index contributed by atoms with van der Waals surface area (Å²) in [4.78, 5) is 27.7. The molecule has 11 nitrogen and oxygen atoms in total. The SMILES string of the molecule is N#CCC1CCN(c2nc(C=N)c(C(N)=O)c(Nc3ccc(N4CCN(CC#N)CC4)cc3)n2)CC1. The van der Waals surface area contributed by atoms with Gasteiger partial charge in [0, 0.05) is 63.3 Å². The van der Waals surface area contributed by atoms with Gasteiger partial charge in [-0.05, 0) is 43.0 Å². The molecule has 0 atom stereocenters. The highest BCUT2D eigenvalue weighted by Gasteiger charge is 2.25. The van der Waals surface area contributed by atoms with E-state index in [9.17, 15) is 4.79 Å². The molecule has 2 fully saturated rings. The third kappa shape index (κ3) is 5.70. The quantitative estimate of drug-likeness (QED) is 0.374. The molecule has 36 heavy (non-hydrogen) atoms. The second-order valence-corrected chi connectivity index (χ2v) is 9.03. The summed E-state index contributed by atoms with van der Waals surface area (Å²) in [7, 11) is 0. The van der Waals surface area contributed by atoms with Crippen LogP contribution >= 0.6 is 0 Å². The van der Waals surface area contributed by atoms with Crippen molar-refractivity contribution in [1.29, 1.82) is 15.9 Å². The molecule has 1 aromatic carbocycles. The lowest BCUT2D eigenvalue weighted by atomic mass is 9.94. The summed E-state index contributed by atoms with van der Waals surface area (Å²) >= 11 is 0. The zero-order chi connectivity index (χ0) is 25.5. The second kappa shape index (κ2) is 11.5. The Labute approximate surface area is 210 Å². The van der Waals surface area contributed by atoms with Crippen LogP contribution in [0.5, 0.6) is 0 Å². The number of nitrogens with one attached hydrogen (secondary N) is 2. The number of hydrogen-bond donors (Lipinski definition) is 3. The van der Waals surface area contributed by atoms with Crippen LogP contribution in [0, 0.1) is 34.0 Å². The predicted molar refractivity (Wildman–Crippen MR) is 138 cm³/mol. The van der Waals surface area contributed by atoms with Gasteiger partial charge < -0.3 is 26.3 Å². The van der Waals surface area contributed by atoms with E-state index in [2.05, 4.69) is 37.2 Å². The number of primary amides is 1. The molecule has 0 unspecified atom stereocenters. The van der Waals surface area contributed by atoms with Crippen LogP contribution in [0.15, 0.2) is 24.3 Å². The first-order chi connectivity index (χ1) is 17.5. The number of benzene rings is 1. The molecule has 2 aromatic rings. The molecule has 2 aliphatic rings. The van der Waals surface area contributed by atoms with Crippen LogP contribution in [0.4, 0.5) is 23.1 Å². The highest BCUT2D eigenvalue weighted by atomic mass is 16.1. The Hall–Kier alpha value is -4.22. The van der Waals surface area contributed by atoms with E-state index in [1.807, 2.05) is 29.2 Å². The minimum atomic E-state index is -0.706. The van der Waals surface area contributed by atoms with Crippen LogP contribution in [-0.2, 0) is 0 Å². The smallest absolute Gasteiger partial charge is 0.254 e. The molecular formula is C25H30N10O. The number of nitrogens with two attached hydrogens (primary N) is 1. The van der Waals surface area contributed by atoms with E-state index in [1.54, 1.807) is 0 Å². The minimum Gasteiger partial charge on any atom is -0.369 e. The summed E-state index contributed by atoms with van der Waals surface area (Å²) in [5.74, 6) is 0.359. The molecule has 0 radical (unpaired) electrons. The van der Waals surface area contributed by atoms with Crippen LogP contribution in [0.1, 0.15) is 35.3 Å². The molecule has 0 aliphatic carbocycles. The van der Waals surface area contributed by atoms with Crippen LogP contribution in [0.2, 0.25) is 0 Å². The molecule has 1 amide bonds. The monoisotopic (exact) mass is 486 g/mol. The molecule has 0 saturated carbocycles. The molecule has 2 aliphatic heterocycles. The third-order valence-electron chi connectivity index (χ3n) is 6.75. The summed E-state index contributed by atoms with van der Waals surface area (Å²) in [5.41, 5.74) is 7.70. The van der Waals surface area contributed by atoms with Gasteiger partial charge >= 0.3 is 0 Å². The van der Waals surface area contributed by atoms with E-state index in [0.29, 0.717) is 37.9 Å². The maximum Gasteiger partial charge on any atom is 0.254 e. The molecule has 0 bridgehead atoms. The summed E-state index contributed by atoms with van der Waals surface area (Å²) in [6.07, 6.45) is 3.29. The first-order valence-electron chi connectivity index (χ1n) is 12.1. The molecule has 4 N–H and O–H groups in total. The normalized spacial score (nSPS) is 16.7. The topological polar surface area (TPSA) is 162 Å². The largest absolute Gasteiger partial charge is 0.369 e. The summed E-state index contributed by atoms with van der Waals surface area (Å²) in [6.45, 7) is 5.26. The van der Waals surface area contributed by atoms with Crippen molar-refractivity contribution < 1.29 is 4.79 Å². The first-order valence-corrected chi connectivity index (χ1v) is 12.1. The van der Waals surface area contributed by atoms with E-state index >= 15 is 0 Å². The number of nitrogens with zero attached hydrogens (tertiary/aromatic N) is 7. The van der Waals surface area contributed by atoms with Gasteiger partial charge in [0.15, 0.2) is 0 Å². The summed E-state index contributed by atoms with van der Waals surface area (Å²) in [6, 6.07) is 12.3. The number of amides is 1. The number of anilines is 4. The molecule has 3 heterocycles. The van der Waals surface area contributed by atoms with Crippen LogP contribution < -0.4 is 20.9 Å². The molecular weight excluding hydrogens is 456 g/mol. The van der Waals surface area contributed by atoms with Crippen molar-refractivity contribution in [2.75, 3.05) is 60.9 Å². The van der Waals surface area contributed by atoms with E-state index < -0.39 is 5.91 Å².